The van der Waals surface area contributed by atoms with E-state index in [4.69, 9.17) is 4.74 Å². The van der Waals surface area contributed by atoms with E-state index in [2.05, 4.69) is 0 Å². The molecule has 114 valence electrons. The van der Waals surface area contributed by atoms with Gasteiger partial charge in [0.05, 0.1) is 17.8 Å². The van der Waals surface area contributed by atoms with E-state index in [0.29, 0.717) is 0 Å². The fraction of sp³-hybridized carbons (Fsp3) is 0.800. The molecular formula is C15H24O5. The number of carbonyl (C=O) groups excluding carboxylic acids is 1. The van der Waals surface area contributed by atoms with Gasteiger partial charge in [0.2, 0.25) is 0 Å². The third-order valence-electron chi connectivity index (χ3n) is 4.46. The topological polar surface area (TPSA) is 90.3 Å². The summed E-state index contributed by atoms with van der Waals surface area (Å²) < 4.78 is 5.58. The Kier molecular flexibility index (Phi) is 3.62. The first-order chi connectivity index (χ1) is 8.98. The first-order valence-electron chi connectivity index (χ1n) is 6.98. The van der Waals surface area contributed by atoms with Crippen LogP contribution in [-0.2, 0) is 9.53 Å². The molecule has 5 atom stereocenters. The Labute approximate surface area is 119 Å². The number of rotatable bonds is 0. The van der Waals surface area contributed by atoms with Crippen LogP contribution in [-0.4, -0.2) is 50.6 Å². The first-order valence-corrected chi connectivity index (χ1v) is 6.98. The Balaban J connectivity index is 2.33. The maximum atomic E-state index is 12.0. The maximum Gasteiger partial charge on any atom is 0.186 e. The van der Waals surface area contributed by atoms with Crippen molar-refractivity contribution in [3.63, 3.8) is 0 Å². The quantitative estimate of drug-likeness (QED) is 0.566. The molecule has 2 rings (SSSR count). The normalized spacial score (nSPS) is 50.0. The van der Waals surface area contributed by atoms with E-state index in [-0.39, 0.29) is 18.9 Å². The third kappa shape index (κ3) is 2.81. The molecule has 0 saturated carbocycles. The number of epoxide rings is 1. The highest BCUT2D eigenvalue weighted by Gasteiger charge is 2.59. The van der Waals surface area contributed by atoms with E-state index in [1.807, 2.05) is 20.8 Å². The largest absolute Gasteiger partial charge is 0.393 e. The van der Waals surface area contributed by atoms with E-state index in [9.17, 15) is 20.1 Å². The minimum absolute atomic E-state index is 0.0433. The molecule has 0 aromatic heterocycles. The van der Waals surface area contributed by atoms with Crippen LogP contribution in [0, 0.1) is 5.41 Å². The fourth-order valence-electron chi connectivity index (χ4n) is 2.88. The van der Waals surface area contributed by atoms with E-state index < -0.39 is 34.6 Å². The molecule has 0 radical (unpaired) electrons. The van der Waals surface area contributed by atoms with E-state index >= 15 is 0 Å². The van der Waals surface area contributed by atoms with E-state index in [1.165, 1.54) is 13.0 Å². The van der Waals surface area contributed by atoms with Crippen molar-refractivity contribution in [1.82, 2.24) is 0 Å². The van der Waals surface area contributed by atoms with Crippen molar-refractivity contribution >= 4 is 5.78 Å². The minimum atomic E-state index is -1.61. The van der Waals surface area contributed by atoms with Crippen molar-refractivity contribution < 1.29 is 24.9 Å². The third-order valence-corrected chi connectivity index (χ3v) is 4.46. The van der Waals surface area contributed by atoms with Crippen LogP contribution in [0.25, 0.3) is 0 Å². The highest BCUT2D eigenvalue weighted by molar-refractivity contribution is 5.96. The minimum Gasteiger partial charge on any atom is -0.393 e. The summed E-state index contributed by atoms with van der Waals surface area (Å²) in [6.07, 6.45) is 1.15. The molecule has 0 amide bonds. The Bertz CT molecular complexity index is 440. The molecule has 0 bridgehead atoms. The number of ether oxygens (including phenoxy) is 1. The summed E-state index contributed by atoms with van der Waals surface area (Å²) in [5, 5.41) is 30.6. The maximum absolute atomic E-state index is 12.0. The van der Waals surface area contributed by atoms with E-state index in [0.717, 1.165) is 0 Å². The summed E-state index contributed by atoms with van der Waals surface area (Å²) in [5.41, 5.74) is -2.86. The lowest BCUT2D eigenvalue weighted by atomic mass is 9.81. The summed E-state index contributed by atoms with van der Waals surface area (Å²) in [6, 6.07) is 0. The zero-order valence-electron chi connectivity index (χ0n) is 12.5. The van der Waals surface area contributed by atoms with Crippen LogP contribution in [0.4, 0.5) is 0 Å². The van der Waals surface area contributed by atoms with Gasteiger partial charge in [0.15, 0.2) is 5.78 Å². The second kappa shape index (κ2) is 4.63. The molecule has 20 heavy (non-hydrogen) atoms. The SMILES string of the molecule is CC1(C)/C=C/C(=O)[C@@](C)(O)C[C@@H](O)C[C@@]2(C)OC2[C@H]1O. The number of carbonyl (C=O) groups is 1. The van der Waals surface area contributed by atoms with Crippen molar-refractivity contribution in [2.45, 2.75) is 70.1 Å². The van der Waals surface area contributed by atoms with Crippen LogP contribution in [0.3, 0.4) is 0 Å². The van der Waals surface area contributed by atoms with Crippen LogP contribution in [0.1, 0.15) is 40.5 Å². The van der Waals surface area contributed by atoms with Gasteiger partial charge in [-0.3, -0.25) is 4.79 Å². The summed E-state index contributed by atoms with van der Waals surface area (Å²) in [6.45, 7) is 6.86. The Morgan fingerprint density at radius 2 is 1.80 bits per heavy atom. The van der Waals surface area contributed by atoms with Crippen molar-refractivity contribution in [3.8, 4) is 0 Å². The number of ketones is 1. The fourth-order valence-corrected chi connectivity index (χ4v) is 2.88. The van der Waals surface area contributed by atoms with Crippen molar-refractivity contribution in [3.05, 3.63) is 12.2 Å². The highest BCUT2D eigenvalue weighted by Crippen LogP contribution is 2.47. The summed E-state index contributed by atoms with van der Waals surface area (Å²) in [5.74, 6) is -0.460. The number of hydrogen-bond donors (Lipinski definition) is 3. The Hall–Kier alpha value is -0.750. The lowest BCUT2D eigenvalue weighted by Gasteiger charge is -2.26. The van der Waals surface area contributed by atoms with Crippen LogP contribution in [0.15, 0.2) is 12.2 Å². The molecular weight excluding hydrogens is 260 g/mol. The zero-order chi connectivity index (χ0) is 15.3. The smallest absolute Gasteiger partial charge is 0.186 e. The number of hydrogen-bond acceptors (Lipinski definition) is 5. The predicted octanol–water partition coefficient (Wildman–Crippen LogP) is 0.562. The predicted molar refractivity (Wildman–Crippen MR) is 73.1 cm³/mol. The van der Waals surface area contributed by atoms with Crippen LogP contribution in [0.5, 0.6) is 0 Å². The van der Waals surface area contributed by atoms with Crippen LogP contribution >= 0.6 is 0 Å². The monoisotopic (exact) mass is 284 g/mol. The average molecular weight is 284 g/mol. The number of aliphatic hydroxyl groups excluding tert-OH is 2. The van der Waals surface area contributed by atoms with Crippen LogP contribution in [0.2, 0.25) is 0 Å². The van der Waals surface area contributed by atoms with Gasteiger partial charge < -0.3 is 20.1 Å². The van der Waals surface area contributed by atoms with Gasteiger partial charge >= 0.3 is 0 Å². The second-order valence-electron chi connectivity index (χ2n) is 7.15. The van der Waals surface area contributed by atoms with Gasteiger partial charge in [0.1, 0.15) is 11.7 Å². The van der Waals surface area contributed by atoms with Crippen molar-refractivity contribution in [1.29, 1.82) is 0 Å². The molecule has 5 heteroatoms. The van der Waals surface area contributed by atoms with Gasteiger partial charge in [-0.2, -0.15) is 0 Å². The molecule has 1 saturated heterocycles. The van der Waals surface area contributed by atoms with Gasteiger partial charge in [-0.1, -0.05) is 19.9 Å². The molecule has 1 heterocycles. The average Bonchev–Trinajstić information content (AvgIpc) is 2.94. The second-order valence-corrected chi connectivity index (χ2v) is 7.15. The Morgan fingerprint density at radius 3 is 2.40 bits per heavy atom. The summed E-state index contributed by atoms with van der Waals surface area (Å²) in [7, 11) is 0. The molecule has 0 aromatic rings. The van der Waals surface area contributed by atoms with Gasteiger partial charge in [-0.15, -0.1) is 0 Å². The molecule has 2 aliphatic rings. The summed E-state index contributed by atoms with van der Waals surface area (Å²) >= 11 is 0. The molecule has 1 aliphatic heterocycles. The summed E-state index contributed by atoms with van der Waals surface area (Å²) in [4.78, 5) is 12.0. The van der Waals surface area contributed by atoms with Gasteiger partial charge in [-0.25, -0.2) is 0 Å². The molecule has 1 unspecified atom stereocenters. The molecule has 1 aliphatic carbocycles. The molecule has 3 N–H and O–H groups in total. The van der Waals surface area contributed by atoms with Gasteiger partial charge in [0.25, 0.3) is 0 Å². The Morgan fingerprint density at radius 1 is 1.20 bits per heavy atom. The van der Waals surface area contributed by atoms with Gasteiger partial charge in [-0.05, 0) is 19.9 Å². The van der Waals surface area contributed by atoms with Crippen molar-refractivity contribution in [2.75, 3.05) is 0 Å². The highest BCUT2D eigenvalue weighted by atomic mass is 16.6. The standard InChI is InChI=1S/C15H24O5/c1-13(2)6-5-10(17)14(3,19)7-9(16)8-15(4)12(20-15)11(13)18/h5-6,9,11-12,16,18-19H,7-8H2,1-4H3/b6-5+/t9-,11-,12?,14+,15-/m1/s1. The first kappa shape index (κ1) is 15.6. The zero-order valence-corrected chi connectivity index (χ0v) is 12.5. The lowest BCUT2D eigenvalue weighted by molar-refractivity contribution is -0.133. The number of aliphatic hydroxyl groups is 3. The lowest BCUT2D eigenvalue weighted by Crippen LogP contribution is -2.39. The van der Waals surface area contributed by atoms with Crippen molar-refractivity contribution in [2.24, 2.45) is 5.41 Å². The number of fused-ring (bicyclic) bond motifs is 1. The molecule has 0 spiro atoms. The molecule has 1 fully saturated rings. The van der Waals surface area contributed by atoms with E-state index in [1.54, 1.807) is 6.08 Å². The van der Waals surface area contributed by atoms with Gasteiger partial charge in [0, 0.05) is 18.3 Å². The molecule has 5 nitrogen and oxygen atoms in total. The molecule has 0 aromatic carbocycles. The van der Waals surface area contributed by atoms with Crippen LogP contribution < -0.4 is 0 Å².